The first-order valence-corrected chi connectivity index (χ1v) is 9.04. The van der Waals surface area contributed by atoms with Crippen LogP contribution in [0.1, 0.15) is 36.4 Å². The van der Waals surface area contributed by atoms with Crippen molar-refractivity contribution in [1.82, 2.24) is 0 Å². The predicted octanol–water partition coefficient (Wildman–Crippen LogP) is 4.50. The average Bonchev–Trinajstić information content (AvgIpc) is 3.16. The second kappa shape index (κ2) is 6.52. The molecule has 134 valence electrons. The van der Waals surface area contributed by atoms with Gasteiger partial charge in [0, 0.05) is 31.3 Å². The van der Waals surface area contributed by atoms with Crippen molar-refractivity contribution in [3.05, 3.63) is 65.7 Å². The Kier molecular flexibility index (Phi) is 4.19. The number of rotatable bonds is 3. The number of nitrogens with zero attached hydrogens (tertiary/aromatic N) is 1. The Hall–Kier alpha value is -2.75. The highest BCUT2D eigenvalue weighted by atomic mass is 16.5. The van der Waals surface area contributed by atoms with E-state index in [0.29, 0.717) is 11.8 Å². The zero-order valence-corrected chi connectivity index (χ0v) is 15.4. The van der Waals surface area contributed by atoms with Gasteiger partial charge in [-0.05, 0) is 53.8 Å². The summed E-state index contributed by atoms with van der Waals surface area (Å²) in [6.07, 6.45) is 5.66. The molecular formula is C22H24N2O2. The third kappa shape index (κ3) is 2.75. The summed E-state index contributed by atoms with van der Waals surface area (Å²) in [6, 6.07) is 14.9. The van der Waals surface area contributed by atoms with Crippen LogP contribution in [0.2, 0.25) is 0 Å². The Labute approximate surface area is 154 Å². The molecule has 2 aliphatic rings. The first kappa shape index (κ1) is 16.7. The van der Waals surface area contributed by atoms with Crippen molar-refractivity contribution in [2.45, 2.75) is 25.3 Å². The first-order chi connectivity index (χ1) is 12.6. The molecule has 0 radical (unpaired) electrons. The molecule has 0 bridgehead atoms. The molecule has 2 aromatic carbocycles. The van der Waals surface area contributed by atoms with Crippen molar-refractivity contribution < 1.29 is 9.53 Å². The lowest BCUT2D eigenvalue weighted by molar-refractivity contribution is -0.116. The minimum atomic E-state index is 0.0448. The Balaban J connectivity index is 1.70. The first-order valence-electron chi connectivity index (χ1n) is 9.04. The molecule has 4 heteroatoms. The molecule has 0 saturated carbocycles. The largest absolute Gasteiger partial charge is 0.497 e. The number of ether oxygens (including phenoxy) is 1. The van der Waals surface area contributed by atoms with Crippen LogP contribution in [0.25, 0.3) is 0 Å². The van der Waals surface area contributed by atoms with Crippen molar-refractivity contribution in [3.8, 4) is 5.75 Å². The smallest absolute Gasteiger partial charge is 0.223 e. The lowest BCUT2D eigenvalue weighted by Gasteiger charge is -2.38. The molecule has 4 nitrogen and oxygen atoms in total. The quantitative estimate of drug-likeness (QED) is 0.830. The van der Waals surface area contributed by atoms with E-state index in [1.807, 2.05) is 25.2 Å². The molecule has 0 aromatic heterocycles. The molecule has 1 aliphatic carbocycles. The van der Waals surface area contributed by atoms with Gasteiger partial charge in [0.05, 0.1) is 13.2 Å². The Morgan fingerprint density at radius 1 is 1.19 bits per heavy atom. The van der Waals surface area contributed by atoms with Gasteiger partial charge in [0.2, 0.25) is 5.91 Å². The number of anilines is 2. The highest BCUT2D eigenvalue weighted by molar-refractivity contribution is 5.91. The third-order valence-electron chi connectivity index (χ3n) is 5.68. The maximum absolute atomic E-state index is 11.7. The molecule has 0 fully saturated rings. The van der Waals surface area contributed by atoms with Crippen molar-refractivity contribution in [2.24, 2.45) is 5.92 Å². The number of amides is 1. The summed E-state index contributed by atoms with van der Waals surface area (Å²) >= 11 is 0. The van der Waals surface area contributed by atoms with Crippen LogP contribution in [0.4, 0.5) is 11.4 Å². The fourth-order valence-corrected chi connectivity index (χ4v) is 4.11. The number of carbonyl (C=O) groups excluding carboxylic acids is 1. The zero-order valence-electron chi connectivity index (χ0n) is 15.4. The molecule has 1 N–H and O–H groups in total. The molecule has 2 aromatic rings. The SMILES string of the molecule is COc1ccc(C2Nc3ccc(N(C)C(C)=O)cc3C3C=CCC32)cc1. The van der Waals surface area contributed by atoms with Crippen LogP contribution < -0.4 is 15.0 Å². The molecule has 3 unspecified atom stereocenters. The van der Waals surface area contributed by atoms with Crippen molar-refractivity contribution in [1.29, 1.82) is 0 Å². The summed E-state index contributed by atoms with van der Waals surface area (Å²) in [6.45, 7) is 1.59. The average molecular weight is 348 g/mol. The summed E-state index contributed by atoms with van der Waals surface area (Å²) in [5, 5.41) is 3.73. The Morgan fingerprint density at radius 2 is 1.96 bits per heavy atom. The molecule has 1 heterocycles. The Bertz CT molecular complexity index is 857. The van der Waals surface area contributed by atoms with Gasteiger partial charge >= 0.3 is 0 Å². The van der Waals surface area contributed by atoms with Crippen LogP contribution in [0.5, 0.6) is 5.75 Å². The summed E-state index contributed by atoms with van der Waals surface area (Å²) in [5.41, 5.74) is 4.65. The second-order valence-electron chi connectivity index (χ2n) is 7.10. The number of hydrogen-bond donors (Lipinski definition) is 1. The van der Waals surface area contributed by atoms with Crippen LogP contribution in [0.15, 0.2) is 54.6 Å². The molecule has 0 spiro atoms. The number of nitrogens with one attached hydrogen (secondary N) is 1. The topological polar surface area (TPSA) is 41.6 Å². The summed E-state index contributed by atoms with van der Waals surface area (Å²) in [7, 11) is 3.51. The van der Waals surface area contributed by atoms with Gasteiger partial charge in [-0.2, -0.15) is 0 Å². The highest BCUT2D eigenvalue weighted by Crippen LogP contribution is 2.50. The van der Waals surface area contributed by atoms with Crippen molar-refractivity contribution in [3.63, 3.8) is 0 Å². The second-order valence-corrected chi connectivity index (χ2v) is 7.10. The van der Waals surface area contributed by atoms with Gasteiger partial charge in [0.1, 0.15) is 5.75 Å². The van der Waals surface area contributed by atoms with Crippen molar-refractivity contribution in [2.75, 3.05) is 24.4 Å². The van der Waals surface area contributed by atoms with Crippen LogP contribution in [0.3, 0.4) is 0 Å². The zero-order chi connectivity index (χ0) is 18.3. The van der Waals surface area contributed by atoms with Gasteiger partial charge in [-0.15, -0.1) is 0 Å². The van der Waals surface area contributed by atoms with Crippen LogP contribution in [0, 0.1) is 5.92 Å². The van der Waals surface area contributed by atoms with E-state index in [1.165, 1.54) is 11.1 Å². The summed E-state index contributed by atoms with van der Waals surface area (Å²) in [4.78, 5) is 13.4. The number of allylic oxidation sites excluding steroid dienone is 2. The van der Waals surface area contributed by atoms with E-state index in [4.69, 9.17) is 4.74 Å². The summed E-state index contributed by atoms with van der Waals surface area (Å²) in [5.74, 6) is 1.78. The molecule has 1 amide bonds. The van der Waals surface area contributed by atoms with E-state index < -0.39 is 0 Å². The van der Waals surface area contributed by atoms with Gasteiger partial charge < -0.3 is 15.0 Å². The lowest BCUT2D eigenvalue weighted by atomic mass is 9.77. The van der Waals surface area contributed by atoms with Gasteiger partial charge in [0.25, 0.3) is 0 Å². The van der Waals surface area contributed by atoms with Gasteiger partial charge in [-0.3, -0.25) is 4.79 Å². The van der Waals surface area contributed by atoms with Gasteiger partial charge in [-0.25, -0.2) is 0 Å². The molecule has 4 rings (SSSR count). The van der Waals surface area contributed by atoms with E-state index in [0.717, 1.165) is 23.5 Å². The monoisotopic (exact) mass is 348 g/mol. The minimum absolute atomic E-state index is 0.0448. The molecule has 26 heavy (non-hydrogen) atoms. The van der Waals surface area contributed by atoms with E-state index >= 15 is 0 Å². The number of fused-ring (bicyclic) bond motifs is 3. The fraction of sp³-hybridized carbons (Fsp3) is 0.318. The number of benzene rings is 2. The van der Waals surface area contributed by atoms with Gasteiger partial charge in [-0.1, -0.05) is 24.3 Å². The van der Waals surface area contributed by atoms with E-state index in [2.05, 4.69) is 41.7 Å². The maximum atomic E-state index is 11.7. The fourth-order valence-electron chi connectivity index (χ4n) is 4.11. The van der Waals surface area contributed by atoms with Crippen molar-refractivity contribution >= 4 is 17.3 Å². The van der Waals surface area contributed by atoms with Crippen LogP contribution >= 0.6 is 0 Å². The summed E-state index contributed by atoms with van der Waals surface area (Å²) < 4.78 is 5.29. The number of hydrogen-bond acceptors (Lipinski definition) is 3. The third-order valence-corrected chi connectivity index (χ3v) is 5.68. The van der Waals surface area contributed by atoms with Gasteiger partial charge in [0.15, 0.2) is 0 Å². The Morgan fingerprint density at radius 3 is 2.65 bits per heavy atom. The molecular weight excluding hydrogens is 324 g/mol. The predicted molar refractivity (Wildman–Crippen MR) is 105 cm³/mol. The number of carbonyl (C=O) groups is 1. The highest BCUT2D eigenvalue weighted by Gasteiger charge is 2.38. The lowest BCUT2D eigenvalue weighted by Crippen LogP contribution is -2.29. The molecule has 3 atom stereocenters. The van der Waals surface area contributed by atoms with E-state index in [-0.39, 0.29) is 11.9 Å². The number of methoxy groups -OCH3 is 1. The minimum Gasteiger partial charge on any atom is -0.497 e. The molecule has 0 saturated heterocycles. The van der Waals surface area contributed by atoms with Crippen LogP contribution in [-0.4, -0.2) is 20.1 Å². The van der Waals surface area contributed by atoms with E-state index in [9.17, 15) is 4.79 Å². The molecule has 1 aliphatic heterocycles. The van der Waals surface area contributed by atoms with Crippen LogP contribution in [-0.2, 0) is 4.79 Å². The van der Waals surface area contributed by atoms with E-state index in [1.54, 1.807) is 18.9 Å². The maximum Gasteiger partial charge on any atom is 0.223 e. The standard InChI is InChI=1S/C22H24N2O2/c1-14(25)24(2)16-9-12-21-20(13-16)18-5-4-6-19(18)22(23-21)15-7-10-17(26-3)11-8-15/h4-5,7-13,18-19,22-23H,6H2,1-3H3. The normalized spacial score (nSPS) is 23.0.